The summed E-state index contributed by atoms with van der Waals surface area (Å²) in [4.78, 5) is 22.4. The average Bonchev–Trinajstić information content (AvgIpc) is 3.23. The van der Waals surface area contributed by atoms with E-state index in [9.17, 15) is 4.79 Å². The van der Waals surface area contributed by atoms with Crippen molar-refractivity contribution in [2.75, 3.05) is 51.7 Å². The van der Waals surface area contributed by atoms with Gasteiger partial charge < -0.3 is 25.3 Å². The SMILES string of the molecule is CNCCCCCCC1N(CCCCCCNC)C(=O)C2(CCN(C3CCC(C(C)C)CC3)CC2)N1c1ccccc1. The van der Waals surface area contributed by atoms with E-state index in [4.69, 9.17) is 0 Å². The molecule has 6 heteroatoms. The van der Waals surface area contributed by atoms with Crippen LogP contribution < -0.4 is 15.5 Å². The second-order valence-corrected chi connectivity index (χ2v) is 13.9. The number of carbonyl (C=O) groups is 1. The van der Waals surface area contributed by atoms with Crippen LogP contribution >= 0.6 is 0 Å². The number of hydrogen-bond donors (Lipinski definition) is 2. The van der Waals surface area contributed by atoms with Gasteiger partial charge in [0.05, 0.1) is 0 Å². The van der Waals surface area contributed by atoms with Gasteiger partial charge in [-0.1, -0.05) is 57.7 Å². The van der Waals surface area contributed by atoms with Crippen LogP contribution in [0.5, 0.6) is 0 Å². The van der Waals surface area contributed by atoms with Crippen molar-refractivity contribution in [1.82, 2.24) is 20.4 Å². The summed E-state index contributed by atoms with van der Waals surface area (Å²) in [6.45, 7) is 9.98. The van der Waals surface area contributed by atoms with Gasteiger partial charge >= 0.3 is 0 Å². The van der Waals surface area contributed by atoms with E-state index in [2.05, 4.69) is 69.5 Å². The predicted molar refractivity (Wildman–Crippen MR) is 178 cm³/mol. The Morgan fingerprint density at radius 3 is 2.00 bits per heavy atom. The molecule has 0 radical (unpaired) electrons. The van der Waals surface area contributed by atoms with Gasteiger partial charge in [0, 0.05) is 31.4 Å². The molecule has 1 aliphatic carbocycles. The van der Waals surface area contributed by atoms with Gasteiger partial charge in [0.25, 0.3) is 0 Å². The highest BCUT2D eigenvalue weighted by molar-refractivity contribution is 5.94. The van der Waals surface area contributed by atoms with Crippen molar-refractivity contribution in [1.29, 1.82) is 0 Å². The summed E-state index contributed by atoms with van der Waals surface area (Å²) >= 11 is 0. The Labute approximate surface area is 258 Å². The second-order valence-electron chi connectivity index (χ2n) is 13.9. The van der Waals surface area contributed by atoms with E-state index in [1.54, 1.807) is 0 Å². The standard InChI is InChI=1S/C36H63N5O/c1-30(2)31-19-21-32(22-20-31)39-28-23-36(24-29-39)35(42)40(27-15-8-7-14-26-38-4)34(18-12-5-6-13-25-37-3)41(36)33-16-10-9-11-17-33/h9-11,16-17,30-32,34,37-38H,5-8,12-15,18-29H2,1-4H3. The van der Waals surface area contributed by atoms with E-state index in [-0.39, 0.29) is 6.17 Å². The fourth-order valence-corrected chi connectivity index (χ4v) is 8.24. The van der Waals surface area contributed by atoms with E-state index in [1.165, 1.54) is 76.3 Å². The first kappa shape index (κ1) is 33.3. The van der Waals surface area contributed by atoms with E-state index in [1.807, 2.05) is 14.1 Å². The maximum Gasteiger partial charge on any atom is 0.250 e. The maximum absolute atomic E-state index is 14.7. The number of nitrogens with one attached hydrogen (secondary N) is 2. The van der Waals surface area contributed by atoms with Crippen LogP contribution in [0.4, 0.5) is 5.69 Å². The van der Waals surface area contributed by atoms with Gasteiger partial charge in [-0.3, -0.25) is 4.79 Å². The molecule has 0 bridgehead atoms. The Bertz CT molecular complexity index is 891. The molecule has 1 amide bonds. The zero-order chi connectivity index (χ0) is 29.8. The molecule has 2 N–H and O–H groups in total. The molecule has 238 valence electrons. The molecule has 3 aliphatic rings. The third-order valence-electron chi connectivity index (χ3n) is 10.9. The first-order valence-corrected chi connectivity index (χ1v) is 17.7. The number of benzene rings is 1. The molecule has 2 saturated heterocycles. The summed E-state index contributed by atoms with van der Waals surface area (Å²) in [6, 6.07) is 11.7. The number of amides is 1. The topological polar surface area (TPSA) is 50.9 Å². The van der Waals surface area contributed by atoms with Gasteiger partial charge in [-0.15, -0.1) is 0 Å². The fraction of sp³-hybridized carbons (Fsp3) is 0.806. The third kappa shape index (κ3) is 8.30. The molecule has 1 aromatic rings. The molecule has 4 rings (SSSR count). The lowest BCUT2D eigenvalue weighted by Gasteiger charge is -2.48. The number of rotatable bonds is 17. The Morgan fingerprint density at radius 2 is 1.40 bits per heavy atom. The molecule has 1 spiro atoms. The van der Waals surface area contributed by atoms with Gasteiger partial charge in [0.1, 0.15) is 11.7 Å². The maximum atomic E-state index is 14.7. The number of hydrogen-bond acceptors (Lipinski definition) is 5. The fourth-order valence-electron chi connectivity index (χ4n) is 8.24. The first-order chi connectivity index (χ1) is 20.5. The molecule has 2 aliphatic heterocycles. The normalized spacial score (nSPS) is 24.8. The number of likely N-dealkylation sites (tertiary alicyclic amines) is 1. The Hall–Kier alpha value is -1.63. The van der Waals surface area contributed by atoms with Crippen LogP contribution in [-0.4, -0.2) is 80.3 Å². The van der Waals surface area contributed by atoms with Crippen LogP contribution in [0.3, 0.4) is 0 Å². The molecule has 1 unspecified atom stereocenters. The highest BCUT2D eigenvalue weighted by Crippen LogP contribution is 2.45. The van der Waals surface area contributed by atoms with Crippen LogP contribution in [0, 0.1) is 11.8 Å². The molecule has 2 heterocycles. The number of anilines is 1. The van der Waals surface area contributed by atoms with E-state index >= 15 is 0 Å². The minimum atomic E-state index is -0.393. The smallest absolute Gasteiger partial charge is 0.250 e. The lowest BCUT2D eigenvalue weighted by atomic mass is 9.78. The first-order valence-electron chi connectivity index (χ1n) is 17.7. The summed E-state index contributed by atoms with van der Waals surface area (Å²) in [5.74, 6) is 2.12. The van der Waals surface area contributed by atoms with E-state index < -0.39 is 5.54 Å². The summed E-state index contributed by atoms with van der Waals surface area (Å²) in [6.07, 6.45) is 18.3. The molecular formula is C36H63N5O. The van der Waals surface area contributed by atoms with Gasteiger partial charge in [-0.05, 0) is 122 Å². The average molecular weight is 582 g/mol. The molecule has 42 heavy (non-hydrogen) atoms. The zero-order valence-electron chi connectivity index (χ0n) is 27.6. The van der Waals surface area contributed by atoms with Gasteiger partial charge in [-0.25, -0.2) is 0 Å². The van der Waals surface area contributed by atoms with Crippen LogP contribution in [0.15, 0.2) is 30.3 Å². The quantitative estimate of drug-likeness (QED) is 0.202. The summed E-state index contributed by atoms with van der Waals surface area (Å²) in [5.41, 5.74) is 0.851. The van der Waals surface area contributed by atoms with Gasteiger partial charge in [-0.2, -0.15) is 0 Å². The number of carbonyl (C=O) groups excluding carboxylic acids is 1. The monoisotopic (exact) mass is 582 g/mol. The lowest BCUT2D eigenvalue weighted by molar-refractivity contribution is -0.135. The van der Waals surface area contributed by atoms with Crippen molar-refractivity contribution in [3.63, 3.8) is 0 Å². The highest BCUT2D eigenvalue weighted by atomic mass is 16.2. The number of nitrogens with zero attached hydrogens (tertiary/aromatic N) is 3. The van der Waals surface area contributed by atoms with Crippen molar-refractivity contribution in [3.8, 4) is 0 Å². The van der Waals surface area contributed by atoms with Crippen LogP contribution in [0.2, 0.25) is 0 Å². The largest absolute Gasteiger partial charge is 0.336 e. The van der Waals surface area contributed by atoms with E-state index in [0.29, 0.717) is 11.9 Å². The second kappa shape index (κ2) is 17.0. The van der Waals surface area contributed by atoms with Crippen LogP contribution in [0.1, 0.15) is 110 Å². The van der Waals surface area contributed by atoms with Crippen molar-refractivity contribution < 1.29 is 4.79 Å². The highest BCUT2D eigenvalue weighted by Gasteiger charge is 2.58. The molecule has 0 aromatic heterocycles. The van der Waals surface area contributed by atoms with Gasteiger partial charge in [0.2, 0.25) is 5.91 Å². The Morgan fingerprint density at radius 1 is 0.810 bits per heavy atom. The molecule has 1 aromatic carbocycles. The Kier molecular flexibility index (Phi) is 13.5. The molecule has 3 fully saturated rings. The zero-order valence-corrected chi connectivity index (χ0v) is 27.6. The lowest BCUT2D eigenvalue weighted by Crippen LogP contribution is -2.59. The van der Waals surface area contributed by atoms with Crippen molar-refractivity contribution in [2.24, 2.45) is 11.8 Å². The summed E-state index contributed by atoms with van der Waals surface area (Å²) < 4.78 is 0. The number of unbranched alkanes of at least 4 members (excludes halogenated alkanes) is 6. The molecule has 1 saturated carbocycles. The van der Waals surface area contributed by atoms with Crippen LogP contribution in [-0.2, 0) is 4.79 Å². The number of piperidine rings is 1. The van der Waals surface area contributed by atoms with Crippen molar-refractivity contribution in [3.05, 3.63) is 30.3 Å². The molecular weight excluding hydrogens is 518 g/mol. The minimum Gasteiger partial charge on any atom is -0.336 e. The molecule has 6 nitrogen and oxygen atoms in total. The van der Waals surface area contributed by atoms with Crippen LogP contribution in [0.25, 0.3) is 0 Å². The van der Waals surface area contributed by atoms with Gasteiger partial charge in [0.15, 0.2) is 0 Å². The summed E-state index contributed by atoms with van der Waals surface area (Å²) in [5, 5.41) is 6.56. The minimum absolute atomic E-state index is 0.175. The van der Waals surface area contributed by atoms with Crippen molar-refractivity contribution >= 4 is 11.6 Å². The predicted octanol–water partition coefficient (Wildman–Crippen LogP) is 6.66. The molecule has 1 atom stereocenters. The summed E-state index contributed by atoms with van der Waals surface area (Å²) in [7, 11) is 4.08. The Balaban J connectivity index is 1.49. The van der Waals surface area contributed by atoms with Crippen molar-refractivity contribution in [2.45, 2.75) is 128 Å². The number of para-hydroxylation sites is 1. The third-order valence-corrected chi connectivity index (χ3v) is 10.9. The van der Waals surface area contributed by atoms with E-state index in [0.717, 1.165) is 70.2 Å².